The number of carbonyl (C=O) groups is 1. The van der Waals surface area contributed by atoms with Crippen molar-refractivity contribution in [2.75, 3.05) is 38.0 Å². The van der Waals surface area contributed by atoms with Gasteiger partial charge < -0.3 is 5.32 Å². The molecule has 27 heavy (non-hydrogen) atoms. The normalized spacial score (nSPS) is 15.9. The Bertz CT molecular complexity index is 764. The molecule has 0 radical (unpaired) electrons. The maximum atomic E-state index is 12.5. The molecule has 0 spiro atoms. The number of piperazine rings is 1. The van der Waals surface area contributed by atoms with Crippen molar-refractivity contribution in [3.63, 3.8) is 0 Å². The molecule has 3 rings (SSSR count). The molecule has 2 aromatic carbocycles. The molecule has 1 heterocycles. The van der Waals surface area contributed by atoms with Crippen molar-refractivity contribution in [2.24, 2.45) is 0 Å². The number of carbonyl (C=O) groups excluding carboxylic acids is 1. The lowest BCUT2D eigenvalue weighted by Crippen LogP contribution is -2.48. The molecule has 144 valence electrons. The summed E-state index contributed by atoms with van der Waals surface area (Å²) in [6.07, 6.45) is 0. The second-order valence-corrected chi connectivity index (χ2v) is 7.83. The Hall–Kier alpha value is -2.17. The van der Waals surface area contributed by atoms with E-state index < -0.39 is 0 Å². The molecule has 0 bridgehead atoms. The molecule has 0 unspecified atom stereocenters. The van der Waals surface area contributed by atoms with Crippen LogP contribution in [0, 0.1) is 6.92 Å². The van der Waals surface area contributed by atoms with Crippen molar-refractivity contribution in [2.45, 2.75) is 33.2 Å². The van der Waals surface area contributed by atoms with Crippen LogP contribution in [0.25, 0.3) is 0 Å². The number of benzene rings is 2. The summed E-state index contributed by atoms with van der Waals surface area (Å²) in [4.78, 5) is 17.2. The van der Waals surface area contributed by atoms with Crippen LogP contribution in [0.4, 0.5) is 5.69 Å². The van der Waals surface area contributed by atoms with Gasteiger partial charge in [-0.2, -0.15) is 0 Å². The minimum absolute atomic E-state index is 0.0789. The minimum Gasteiger partial charge on any atom is -0.325 e. The third-order valence-corrected chi connectivity index (χ3v) is 5.18. The Labute approximate surface area is 163 Å². The molecule has 0 aliphatic carbocycles. The first-order chi connectivity index (χ1) is 13.0. The number of anilines is 1. The molecular weight excluding hydrogens is 334 g/mol. The van der Waals surface area contributed by atoms with Gasteiger partial charge in [0.1, 0.15) is 0 Å². The highest BCUT2D eigenvalue weighted by atomic mass is 16.2. The van der Waals surface area contributed by atoms with E-state index in [1.54, 1.807) is 0 Å². The molecule has 4 nitrogen and oxygen atoms in total. The first-order valence-electron chi connectivity index (χ1n) is 9.90. The molecule has 0 atom stereocenters. The minimum atomic E-state index is 0.0789. The van der Waals surface area contributed by atoms with Crippen molar-refractivity contribution in [3.05, 3.63) is 65.2 Å². The number of hydrogen-bond donors (Lipinski definition) is 1. The molecule has 1 fully saturated rings. The molecule has 4 heteroatoms. The predicted molar refractivity (Wildman–Crippen MR) is 112 cm³/mol. The fraction of sp³-hybridized carbons (Fsp3) is 0.435. The number of hydrogen-bond acceptors (Lipinski definition) is 3. The average molecular weight is 366 g/mol. The van der Waals surface area contributed by atoms with E-state index in [4.69, 9.17) is 0 Å². The zero-order chi connectivity index (χ0) is 19.2. The van der Waals surface area contributed by atoms with E-state index in [0.717, 1.165) is 38.4 Å². The van der Waals surface area contributed by atoms with E-state index in [1.165, 1.54) is 16.7 Å². The molecule has 1 aliphatic rings. The lowest BCUT2D eigenvalue weighted by atomic mass is 10.0. The molecule has 2 aromatic rings. The molecule has 1 N–H and O–H groups in total. The number of rotatable bonds is 6. The number of aryl methyl sites for hydroxylation is 1. The number of nitrogens with one attached hydrogen (secondary N) is 1. The summed E-state index contributed by atoms with van der Waals surface area (Å²) in [5.41, 5.74) is 4.81. The van der Waals surface area contributed by atoms with Gasteiger partial charge in [-0.05, 0) is 30.0 Å². The molecule has 1 amide bonds. The van der Waals surface area contributed by atoms with E-state index >= 15 is 0 Å². The summed E-state index contributed by atoms with van der Waals surface area (Å²) in [5.74, 6) is 0.474. The van der Waals surface area contributed by atoms with Crippen LogP contribution >= 0.6 is 0 Å². The zero-order valence-electron chi connectivity index (χ0n) is 16.7. The van der Waals surface area contributed by atoms with Gasteiger partial charge in [-0.1, -0.05) is 61.9 Å². The third kappa shape index (κ3) is 5.65. The van der Waals surface area contributed by atoms with E-state index in [2.05, 4.69) is 66.2 Å². The van der Waals surface area contributed by atoms with Gasteiger partial charge in [-0.3, -0.25) is 14.6 Å². The smallest absolute Gasteiger partial charge is 0.238 e. The highest BCUT2D eigenvalue weighted by Gasteiger charge is 2.19. The van der Waals surface area contributed by atoms with E-state index in [9.17, 15) is 4.79 Å². The number of amides is 1. The first kappa shape index (κ1) is 19.6. The topological polar surface area (TPSA) is 35.6 Å². The van der Waals surface area contributed by atoms with Crippen LogP contribution in [0.1, 0.15) is 36.5 Å². The fourth-order valence-corrected chi connectivity index (χ4v) is 3.68. The van der Waals surface area contributed by atoms with Crippen LogP contribution in [-0.4, -0.2) is 48.4 Å². The maximum Gasteiger partial charge on any atom is 0.238 e. The maximum absolute atomic E-state index is 12.5. The van der Waals surface area contributed by atoms with Gasteiger partial charge in [0.25, 0.3) is 0 Å². The Morgan fingerprint density at radius 3 is 2.41 bits per heavy atom. The Kier molecular flexibility index (Phi) is 6.64. The zero-order valence-corrected chi connectivity index (χ0v) is 16.7. The van der Waals surface area contributed by atoms with Gasteiger partial charge in [0.05, 0.1) is 6.54 Å². The summed E-state index contributed by atoms with van der Waals surface area (Å²) in [6.45, 7) is 11.8. The van der Waals surface area contributed by atoms with Crippen LogP contribution in [0.5, 0.6) is 0 Å². The van der Waals surface area contributed by atoms with Gasteiger partial charge >= 0.3 is 0 Å². The standard InChI is InChI=1S/C23H31N3O/c1-18(2)21-9-4-5-10-22(21)24-23(27)17-26-13-11-25(12-14-26)16-20-8-6-7-19(3)15-20/h4-10,15,18H,11-14,16-17H2,1-3H3,(H,24,27). The number of para-hydroxylation sites is 1. The summed E-state index contributed by atoms with van der Waals surface area (Å²) < 4.78 is 0. The monoisotopic (exact) mass is 365 g/mol. The average Bonchev–Trinajstić information content (AvgIpc) is 2.63. The van der Waals surface area contributed by atoms with Crippen molar-refractivity contribution in [1.82, 2.24) is 9.80 Å². The highest BCUT2D eigenvalue weighted by molar-refractivity contribution is 5.93. The molecule has 1 aliphatic heterocycles. The second-order valence-electron chi connectivity index (χ2n) is 7.83. The van der Waals surface area contributed by atoms with E-state index in [-0.39, 0.29) is 5.91 Å². The molecule has 0 saturated carbocycles. The molecular formula is C23H31N3O. The SMILES string of the molecule is Cc1cccc(CN2CCN(CC(=O)Nc3ccccc3C(C)C)CC2)c1. The van der Waals surface area contributed by atoms with Crippen LogP contribution in [0.15, 0.2) is 48.5 Å². The lowest BCUT2D eigenvalue weighted by molar-refractivity contribution is -0.117. The number of nitrogens with zero attached hydrogens (tertiary/aromatic N) is 2. The Morgan fingerprint density at radius 2 is 1.70 bits per heavy atom. The van der Waals surface area contributed by atoms with Gasteiger partial charge in [0, 0.05) is 38.4 Å². The Morgan fingerprint density at radius 1 is 1.00 bits per heavy atom. The van der Waals surface area contributed by atoms with Crippen molar-refractivity contribution >= 4 is 11.6 Å². The molecule has 1 saturated heterocycles. The quantitative estimate of drug-likeness (QED) is 0.844. The van der Waals surface area contributed by atoms with Gasteiger partial charge in [-0.15, -0.1) is 0 Å². The van der Waals surface area contributed by atoms with Crippen LogP contribution in [-0.2, 0) is 11.3 Å². The van der Waals surface area contributed by atoms with Crippen LogP contribution in [0.2, 0.25) is 0 Å². The summed E-state index contributed by atoms with van der Waals surface area (Å²) in [5, 5.41) is 3.10. The predicted octanol–water partition coefficient (Wildman–Crippen LogP) is 3.87. The second kappa shape index (κ2) is 9.16. The van der Waals surface area contributed by atoms with Crippen LogP contribution < -0.4 is 5.32 Å². The lowest BCUT2D eigenvalue weighted by Gasteiger charge is -2.34. The van der Waals surface area contributed by atoms with Crippen molar-refractivity contribution in [3.8, 4) is 0 Å². The highest BCUT2D eigenvalue weighted by Crippen LogP contribution is 2.23. The van der Waals surface area contributed by atoms with Gasteiger partial charge in [0.2, 0.25) is 5.91 Å². The largest absolute Gasteiger partial charge is 0.325 e. The summed E-state index contributed by atoms with van der Waals surface area (Å²) in [7, 11) is 0. The Balaban J connectivity index is 1.47. The third-order valence-electron chi connectivity index (χ3n) is 5.18. The molecule has 0 aromatic heterocycles. The van der Waals surface area contributed by atoms with Gasteiger partial charge in [-0.25, -0.2) is 0 Å². The van der Waals surface area contributed by atoms with E-state index in [1.807, 2.05) is 18.2 Å². The van der Waals surface area contributed by atoms with Gasteiger partial charge in [0.15, 0.2) is 0 Å². The fourth-order valence-electron chi connectivity index (χ4n) is 3.68. The first-order valence-corrected chi connectivity index (χ1v) is 9.90. The summed E-state index contributed by atoms with van der Waals surface area (Å²) in [6, 6.07) is 16.8. The van der Waals surface area contributed by atoms with Crippen molar-refractivity contribution in [1.29, 1.82) is 0 Å². The summed E-state index contributed by atoms with van der Waals surface area (Å²) >= 11 is 0. The van der Waals surface area contributed by atoms with Crippen molar-refractivity contribution < 1.29 is 4.79 Å². The van der Waals surface area contributed by atoms with Crippen LogP contribution in [0.3, 0.4) is 0 Å². The van der Waals surface area contributed by atoms with E-state index in [0.29, 0.717) is 12.5 Å².